The molecule has 0 saturated heterocycles. The van der Waals surface area contributed by atoms with Gasteiger partial charge in [0, 0.05) is 11.2 Å². The summed E-state index contributed by atoms with van der Waals surface area (Å²) in [5.74, 6) is -19.6. The SMILES string of the molecule is FC(F)(F)C(F)(F)C(F)(F)C(F)(F)c1cc(Cl)ccn1. The molecule has 0 aliphatic heterocycles. The standard InChI is InChI=1S/C9H3ClF9N/c10-4-1-2-20-5(3-4)6(11,12)7(13,14)8(15,16)9(17,18)19/h1-3H. The highest BCUT2D eigenvalue weighted by atomic mass is 35.5. The topological polar surface area (TPSA) is 12.9 Å². The summed E-state index contributed by atoms with van der Waals surface area (Å²) in [6.07, 6.45) is -6.40. The van der Waals surface area contributed by atoms with Crippen molar-refractivity contribution in [3.8, 4) is 0 Å². The fourth-order valence-corrected chi connectivity index (χ4v) is 1.27. The Morgan fingerprint density at radius 2 is 1.35 bits per heavy atom. The first-order valence-electron chi connectivity index (χ1n) is 4.57. The molecule has 0 bridgehead atoms. The smallest absolute Gasteiger partial charge is 0.255 e. The third kappa shape index (κ3) is 2.40. The fourth-order valence-electron chi connectivity index (χ4n) is 1.11. The summed E-state index contributed by atoms with van der Waals surface area (Å²) in [6.45, 7) is 0. The zero-order valence-corrected chi connectivity index (χ0v) is 9.71. The summed E-state index contributed by atoms with van der Waals surface area (Å²) in [4.78, 5) is 2.66. The summed E-state index contributed by atoms with van der Waals surface area (Å²) in [5.41, 5.74) is -2.00. The Morgan fingerprint density at radius 3 is 1.75 bits per heavy atom. The van der Waals surface area contributed by atoms with E-state index < -0.39 is 34.7 Å². The number of halogens is 10. The molecular formula is C9H3ClF9N. The van der Waals surface area contributed by atoms with E-state index in [-0.39, 0.29) is 6.07 Å². The first-order valence-corrected chi connectivity index (χ1v) is 4.95. The number of pyridine rings is 1. The van der Waals surface area contributed by atoms with Gasteiger partial charge in [-0.15, -0.1) is 0 Å². The minimum Gasteiger partial charge on any atom is -0.255 e. The molecule has 0 atom stereocenters. The highest BCUT2D eigenvalue weighted by Crippen LogP contribution is 2.56. The van der Waals surface area contributed by atoms with Crippen LogP contribution in [0.1, 0.15) is 5.69 Å². The maximum atomic E-state index is 13.3. The second-order valence-corrected chi connectivity index (χ2v) is 4.02. The van der Waals surface area contributed by atoms with E-state index in [0.29, 0.717) is 6.20 Å². The van der Waals surface area contributed by atoms with E-state index in [0.717, 1.165) is 6.07 Å². The van der Waals surface area contributed by atoms with E-state index in [2.05, 4.69) is 4.98 Å². The van der Waals surface area contributed by atoms with Gasteiger partial charge in [0.1, 0.15) is 5.69 Å². The highest BCUT2D eigenvalue weighted by molar-refractivity contribution is 6.30. The second kappa shape index (κ2) is 4.68. The Morgan fingerprint density at radius 1 is 0.850 bits per heavy atom. The molecule has 0 amide bonds. The van der Waals surface area contributed by atoms with Gasteiger partial charge >= 0.3 is 23.9 Å². The molecular weight excluding hydrogens is 329 g/mol. The minimum atomic E-state index is -6.95. The van der Waals surface area contributed by atoms with E-state index in [1.807, 2.05) is 0 Å². The molecule has 0 spiro atoms. The van der Waals surface area contributed by atoms with Crippen LogP contribution in [0.15, 0.2) is 18.3 Å². The van der Waals surface area contributed by atoms with Crippen LogP contribution >= 0.6 is 11.6 Å². The molecule has 1 aromatic rings. The molecule has 0 aromatic carbocycles. The molecule has 0 unspecified atom stereocenters. The van der Waals surface area contributed by atoms with Crippen LogP contribution in [-0.2, 0) is 5.92 Å². The summed E-state index contributed by atoms with van der Waals surface area (Å²) >= 11 is 5.18. The van der Waals surface area contributed by atoms with Crippen molar-refractivity contribution in [3.05, 3.63) is 29.0 Å². The highest BCUT2D eigenvalue weighted by Gasteiger charge is 2.82. The molecule has 0 radical (unpaired) electrons. The lowest BCUT2D eigenvalue weighted by Gasteiger charge is -2.33. The zero-order chi connectivity index (χ0) is 16.0. The Balaban J connectivity index is 3.39. The lowest BCUT2D eigenvalue weighted by atomic mass is 10.0. The number of rotatable bonds is 3. The van der Waals surface area contributed by atoms with Gasteiger partial charge in [0.15, 0.2) is 0 Å². The predicted molar refractivity (Wildman–Crippen MR) is 49.1 cm³/mol. The largest absolute Gasteiger partial charge is 0.460 e. The zero-order valence-electron chi connectivity index (χ0n) is 8.96. The summed E-state index contributed by atoms with van der Waals surface area (Å²) < 4.78 is 113. The van der Waals surface area contributed by atoms with Crippen LogP contribution in [0, 0.1) is 0 Å². The van der Waals surface area contributed by atoms with E-state index in [1.165, 1.54) is 0 Å². The molecule has 1 nitrogen and oxygen atoms in total. The van der Waals surface area contributed by atoms with Gasteiger partial charge in [0.25, 0.3) is 0 Å². The molecule has 0 aliphatic rings. The number of aromatic nitrogens is 1. The summed E-state index contributed by atoms with van der Waals surface area (Å²) in [7, 11) is 0. The van der Waals surface area contributed by atoms with Crippen molar-refractivity contribution < 1.29 is 39.5 Å². The van der Waals surface area contributed by atoms with Crippen molar-refractivity contribution in [3.63, 3.8) is 0 Å². The van der Waals surface area contributed by atoms with Gasteiger partial charge in [0.2, 0.25) is 0 Å². The Labute approximate surface area is 110 Å². The van der Waals surface area contributed by atoms with Crippen molar-refractivity contribution >= 4 is 11.6 Å². The van der Waals surface area contributed by atoms with Crippen LogP contribution in [0.3, 0.4) is 0 Å². The molecule has 0 saturated carbocycles. The minimum absolute atomic E-state index is 0.0713. The molecule has 114 valence electrons. The lowest BCUT2D eigenvalue weighted by Crippen LogP contribution is -2.59. The first kappa shape index (κ1) is 16.9. The van der Waals surface area contributed by atoms with Crippen LogP contribution in [0.4, 0.5) is 39.5 Å². The van der Waals surface area contributed by atoms with Gasteiger partial charge < -0.3 is 0 Å². The third-order valence-electron chi connectivity index (χ3n) is 2.19. The average molecular weight is 332 g/mol. The summed E-state index contributed by atoms with van der Waals surface area (Å²) in [6, 6.07) is 0.920. The number of alkyl halides is 9. The maximum absolute atomic E-state index is 13.3. The molecule has 1 aromatic heterocycles. The van der Waals surface area contributed by atoms with Gasteiger partial charge in [-0.05, 0) is 12.1 Å². The average Bonchev–Trinajstić information content (AvgIpc) is 2.26. The molecule has 0 aliphatic carbocycles. The molecule has 11 heteroatoms. The fraction of sp³-hybridized carbons (Fsp3) is 0.444. The Bertz CT molecular complexity index is 496. The monoisotopic (exact) mass is 331 g/mol. The van der Waals surface area contributed by atoms with E-state index in [9.17, 15) is 39.5 Å². The van der Waals surface area contributed by atoms with Gasteiger partial charge in [-0.1, -0.05) is 11.6 Å². The van der Waals surface area contributed by atoms with Crippen LogP contribution in [0.2, 0.25) is 5.02 Å². The first-order chi connectivity index (χ1) is 8.75. The Kier molecular flexibility index (Phi) is 3.94. The molecule has 1 heterocycles. The van der Waals surface area contributed by atoms with Crippen molar-refractivity contribution in [2.75, 3.05) is 0 Å². The number of hydrogen-bond acceptors (Lipinski definition) is 1. The third-order valence-corrected chi connectivity index (χ3v) is 2.42. The lowest BCUT2D eigenvalue weighted by molar-refractivity contribution is -0.400. The van der Waals surface area contributed by atoms with E-state index >= 15 is 0 Å². The van der Waals surface area contributed by atoms with Gasteiger partial charge in [-0.3, -0.25) is 4.98 Å². The van der Waals surface area contributed by atoms with Crippen LogP contribution in [-0.4, -0.2) is 23.0 Å². The van der Waals surface area contributed by atoms with Gasteiger partial charge in [0.05, 0.1) is 0 Å². The van der Waals surface area contributed by atoms with Crippen molar-refractivity contribution in [2.24, 2.45) is 0 Å². The molecule has 1 rings (SSSR count). The number of hydrogen-bond donors (Lipinski definition) is 0. The number of nitrogens with zero attached hydrogens (tertiary/aromatic N) is 1. The van der Waals surface area contributed by atoms with E-state index in [4.69, 9.17) is 11.6 Å². The van der Waals surface area contributed by atoms with Gasteiger partial charge in [-0.25, -0.2) is 0 Å². The van der Waals surface area contributed by atoms with Crippen molar-refractivity contribution in [1.82, 2.24) is 4.98 Å². The molecule has 0 fully saturated rings. The van der Waals surface area contributed by atoms with Crippen LogP contribution < -0.4 is 0 Å². The quantitative estimate of drug-likeness (QED) is 0.734. The Hall–Kier alpha value is -1.19. The van der Waals surface area contributed by atoms with Crippen LogP contribution in [0.25, 0.3) is 0 Å². The second-order valence-electron chi connectivity index (χ2n) is 3.58. The van der Waals surface area contributed by atoms with Crippen LogP contribution in [0.5, 0.6) is 0 Å². The molecule has 0 N–H and O–H groups in total. The normalized spacial score (nSPS) is 14.5. The van der Waals surface area contributed by atoms with Crippen molar-refractivity contribution in [2.45, 2.75) is 23.9 Å². The van der Waals surface area contributed by atoms with Gasteiger partial charge in [-0.2, -0.15) is 39.5 Å². The van der Waals surface area contributed by atoms with Crippen molar-refractivity contribution in [1.29, 1.82) is 0 Å². The van der Waals surface area contributed by atoms with E-state index in [1.54, 1.807) is 0 Å². The molecule has 20 heavy (non-hydrogen) atoms. The summed E-state index contributed by atoms with van der Waals surface area (Å²) in [5, 5.41) is -0.583. The predicted octanol–water partition coefficient (Wildman–Crippen LogP) is 4.66. The maximum Gasteiger partial charge on any atom is 0.460 e.